The lowest BCUT2D eigenvalue weighted by Crippen LogP contribution is -2.46. The summed E-state index contributed by atoms with van der Waals surface area (Å²) in [5.41, 5.74) is 0.210. The maximum Gasteiger partial charge on any atom is 0.341 e. The Bertz CT molecular complexity index is 2230. The van der Waals surface area contributed by atoms with Gasteiger partial charge in [0.25, 0.3) is 5.56 Å². The minimum absolute atomic E-state index is 0.0479. The van der Waals surface area contributed by atoms with Crippen LogP contribution in [0.1, 0.15) is 35.1 Å². The van der Waals surface area contributed by atoms with Crippen LogP contribution in [0.25, 0.3) is 27.6 Å². The van der Waals surface area contributed by atoms with Gasteiger partial charge in [-0.3, -0.25) is 14.5 Å². The van der Waals surface area contributed by atoms with Gasteiger partial charge in [0, 0.05) is 43.8 Å². The van der Waals surface area contributed by atoms with E-state index >= 15 is 4.39 Å². The number of sulfonamides is 1. The third kappa shape index (κ3) is 5.26. The molecule has 14 nitrogen and oxygen atoms in total. The van der Waals surface area contributed by atoms with Crippen LogP contribution in [0.4, 0.5) is 10.1 Å². The van der Waals surface area contributed by atoms with Crippen molar-refractivity contribution in [1.82, 2.24) is 29.2 Å². The number of aromatic amines is 1. The molecule has 2 fully saturated rings. The van der Waals surface area contributed by atoms with Gasteiger partial charge in [0.15, 0.2) is 5.65 Å². The van der Waals surface area contributed by atoms with Gasteiger partial charge in [0.05, 0.1) is 34.5 Å². The summed E-state index contributed by atoms with van der Waals surface area (Å²) in [7, 11) is -3.87. The maximum atomic E-state index is 15.4. The summed E-state index contributed by atoms with van der Waals surface area (Å²) >= 11 is 0. The van der Waals surface area contributed by atoms with Gasteiger partial charge in [0.1, 0.15) is 22.6 Å². The molecule has 1 aliphatic heterocycles. The Morgan fingerprint density at radius 2 is 1.78 bits per heavy atom. The van der Waals surface area contributed by atoms with Crippen molar-refractivity contribution in [3.8, 4) is 5.69 Å². The number of pyridine rings is 1. The Labute approximate surface area is 254 Å². The van der Waals surface area contributed by atoms with Crippen molar-refractivity contribution in [2.24, 2.45) is 5.14 Å². The number of piperazine rings is 1. The number of carboxylic acids is 1. The summed E-state index contributed by atoms with van der Waals surface area (Å²) in [6.07, 6.45) is 4.47. The molecule has 0 spiro atoms. The van der Waals surface area contributed by atoms with Crippen LogP contribution in [0.15, 0.2) is 63.3 Å². The number of nitrogens with zero attached hydrogens (tertiary/aromatic N) is 6. The van der Waals surface area contributed by atoms with Crippen LogP contribution in [-0.2, 0) is 16.6 Å². The van der Waals surface area contributed by atoms with E-state index in [1.54, 1.807) is 10.6 Å². The largest absolute Gasteiger partial charge is 0.477 e. The highest BCUT2D eigenvalue weighted by Crippen LogP contribution is 2.38. The molecule has 0 amide bonds. The average molecular weight is 635 g/mol. The van der Waals surface area contributed by atoms with Crippen LogP contribution in [0, 0.1) is 5.82 Å². The number of halogens is 1. The SMILES string of the molecule is NS(=O)(=O)c1ccc(-n2ncc3c(=O)[nH]c(CN4CCN(c5cc6c(cc5F)c(=O)c(C(=O)O)cn6C5CC5)CC4)nc32)cc1. The molecule has 0 atom stereocenters. The van der Waals surface area contributed by atoms with Crippen LogP contribution < -0.4 is 21.0 Å². The molecule has 0 unspecified atom stereocenters. The summed E-state index contributed by atoms with van der Waals surface area (Å²) in [6, 6.07) is 8.59. The molecule has 1 saturated carbocycles. The number of rotatable bonds is 7. The van der Waals surface area contributed by atoms with E-state index in [1.807, 2.05) is 4.90 Å². The molecule has 45 heavy (non-hydrogen) atoms. The van der Waals surface area contributed by atoms with Crippen LogP contribution >= 0.6 is 0 Å². The van der Waals surface area contributed by atoms with Gasteiger partial charge >= 0.3 is 5.97 Å². The van der Waals surface area contributed by atoms with Gasteiger partial charge in [-0.1, -0.05) is 0 Å². The zero-order chi connectivity index (χ0) is 31.6. The molecular formula is C29H27FN8O6S. The number of primary sulfonamides is 1. The molecular weight excluding hydrogens is 607 g/mol. The number of carbonyl (C=O) groups is 1. The topological polar surface area (TPSA) is 190 Å². The predicted molar refractivity (Wildman–Crippen MR) is 162 cm³/mol. The Balaban J connectivity index is 1.11. The Morgan fingerprint density at radius 3 is 2.42 bits per heavy atom. The smallest absolute Gasteiger partial charge is 0.341 e. The number of anilines is 1. The third-order valence-corrected chi connectivity index (χ3v) is 9.18. The molecule has 2 aliphatic rings. The first-order chi connectivity index (χ1) is 21.5. The Hall–Kier alpha value is -4.93. The number of benzene rings is 2. The standard InChI is InChI=1S/C29H27FN8O6S/c30-22-11-19-23(37(16-1-2-16)14-21(26(19)39)29(41)42)12-24(22)36-9-7-35(8-10-36)15-25-33-27-20(28(40)34-25)13-32-38(27)17-3-5-18(6-4-17)45(31,43)44/h3-6,11-14,16H,1-2,7-10,15H2,(H,41,42)(H2,31,43,44)(H,33,34,40). The zero-order valence-electron chi connectivity index (χ0n) is 23.7. The van der Waals surface area contributed by atoms with Crippen LogP contribution in [0.5, 0.6) is 0 Å². The van der Waals surface area contributed by atoms with Crippen molar-refractivity contribution in [3.05, 3.63) is 86.6 Å². The molecule has 5 aromatic rings. The molecule has 4 heterocycles. The monoisotopic (exact) mass is 634 g/mol. The lowest BCUT2D eigenvalue weighted by Gasteiger charge is -2.36. The van der Waals surface area contributed by atoms with E-state index in [9.17, 15) is 27.9 Å². The Morgan fingerprint density at radius 1 is 1.07 bits per heavy atom. The minimum Gasteiger partial charge on any atom is -0.477 e. The van der Waals surface area contributed by atoms with Crippen molar-refractivity contribution in [3.63, 3.8) is 0 Å². The molecule has 4 N–H and O–H groups in total. The van der Waals surface area contributed by atoms with Gasteiger partial charge in [-0.15, -0.1) is 0 Å². The first-order valence-electron chi connectivity index (χ1n) is 14.2. The number of carboxylic acid groups (broad SMARTS) is 1. The second-order valence-corrected chi connectivity index (χ2v) is 12.8. The molecule has 232 valence electrons. The van der Waals surface area contributed by atoms with Gasteiger partial charge in [-0.05, 0) is 49.2 Å². The van der Waals surface area contributed by atoms with Crippen molar-refractivity contribution >= 4 is 43.6 Å². The molecule has 3 aromatic heterocycles. The summed E-state index contributed by atoms with van der Waals surface area (Å²) in [5, 5.41) is 19.3. The molecule has 0 radical (unpaired) electrons. The predicted octanol–water partition coefficient (Wildman–Crippen LogP) is 1.57. The quantitative estimate of drug-likeness (QED) is 0.237. The normalized spacial score (nSPS) is 16.1. The zero-order valence-corrected chi connectivity index (χ0v) is 24.5. The number of nitrogens with one attached hydrogen (secondary N) is 1. The second kappa shape index (κ2) is 10.6. The number of H-pyrrole nitrogens is 1. The lowest BCUT2D eigenvalue weighted by atomic mass is 10.1. The summed E-state index contributed by atoms with van der Waals surface area (Å²) in [5.74, 6) is -1.53. The summed E-state index contributed by atoms with van der Waals surface area (Å²) in [4.78, 5) is 48.6. The van der Waals surface area contributed by atoms with Crippen molar-refractivity contribution in [2.75, 3.05) is 31.1 Å². The van der Waals surface area contributed by atoms with E-state index in [1.165, 1.54) is 41.3 Å². The van der Waals surface area contributed by atoms with Crippen LogP contribution in [-0.4, -0.2) is 74.9 Å². The molecule has 0 bridgehead atoms. The fourth-order valence-electron chi connectivity index (χ4n) is 5.77. The number of hydrogen-bond donors (Lipinski definition) is 3. The van der Waals surface area contributed by atoms with Crippen LogP contribution in [0.3, 0.4) is 0 Å². The molecule has 1 saturated heterocycles. The average Bonchev–Trinajstić information content (AvgIpc) is 3.75. The number of nitrogens with two attached hydrogens (primary N) is 1. The van der Waals surface area contributed by atoms with Crippen molar-refractivity contribution < 1.29 is 22.7 Å². The second-order valence-electron chi connectivity index (χ2n) is 11.2. The highest BCUT2D eigenvalue weighted by Gasteiger charge is 2.29. The number of fused-ring (bicyclic) bond motifs is 2. The minimum atomic E-state index is -3.87. The van der Waals surface area contributed by atoms with E-state index in [4.69, 9.17) is 5.14 Å². The first-order valence-corrected chi connectivity index (χ1v) is 15.7. The lowest BCUT2D eigenvalue weighted by molar-refractivity contribution is 0.0694. The van der Waals surface area contributed by atoms with Crippen LogP contribution in [0.2, 0.25) is 0 Å². The fourth-order valence-corrected chi connectivity index (χ4v) is 6.29. The summed E-state index contributed by atoms with van der Waals surface area (Å²) < 4.78 is 41.8. The third-order valence-electron chi connectivity index (χ3n) is 8.25. The van der Waals surface area contributed by atoms with E-state index in [2.05, 4.69) is 20.0 Å². The first kappa shape index (κ1) is 28.8. The van der Waals surface area contributed by atoms with E-state index in [-0.39, 0.29) is 32.8 Å². The molecule has 16 heteroatoms. The number of aromatic carboxylic acids is 1. The van der Waals surface area contributed by atoms with Crippen molar-refractivity contribution in [1.29, 1.82) is 0 Å². The van der Waals surface area contributed by atoms with Gasteiger partial charge in [-0.2, -0.15) is 5.10 Å². The van der Waals surface area contributed by atoms with Gasteiger partial charge in [0.2, 0.25) is 15.5 Å². The molecule has 7 rings (SSSR count). The van der Waals surface area contributed by atoms with Gasteiger partial charge in [-0.25, -0.2) is 32.4 Å². The van der Waals surface area contributed by atoms with E-state index in [0.29, 0.717) is 61.1 Å². The number of hydrogen-bond acceptors (Lipinski definition) is 9. The highest BCUT2D eigenvalue weighted by molar-refractivity contribution is 7.89. The molecule has 1 aliphatic carbocycles. The Kier molecular flexibility index (Phi) is 6.79. The van der Waals surface area contributed by atoms with Crippen molar-refractivity contribution in [2.45, 2.75) is 30.3 Å². The fraction of sp³-hybridized carbons (Fsp3) is 0.276. The summed E-state index contributed by atoms with van der Waals surface area (Å²) in [6.45, 7) is 2.30. The van der Waals surface area contributed by atoms with E-state index < -0.39 is 27.2 Å². The maximum absolute atomic E-state index is 15.4. The number of aromatic nitrogens is 5. The van der Waals surface area contributed by atoms with Gasteiger partial charge < -0.3 is 19.6 Å². The molecule has 2 aromatic carbocycles. The highest BCUT2D eigenvalue weighted by atomic mass is 32.2. The van der Waals surface area contributed by atoms with E-state index in [0.717, 1.165) is 18.9 Å².